The molecule has 0 radical (unpaired) electrons. The van der Waals surface area contributed by atoms with Crippen molar-refractivity contribution in [3.63, 3.8) is 0 Å². The molecule has 3 rings (SSSR count). The normalized spacial score (nSPS) is 10.5. The number of rotatable bonds is 2. The predicted molar refractivity (Wildman–Crippen MR) is 61.7 cm³/mol. The van der Waals surface area contributed by atoms with Crippen LogP contribution in [0.2, 0.25) is 0 Å². The Morgan fingerprint density at radius 1 is 0.938 bits per heavy atom. The van der Waals surface area contributed by atoms with Crippen molar-refractivity contribution < 1.29 is 4.42 Å². The van der Waals surface area contributed by atoms with Gasteiger partial charge in [-0.1, -0.05) is 30.3 Å². The highest BCUT2D eigenvalue weighted by atomic mass is 16.3. The first-order valence-corrected chi connectivity index (χ1v) is 5.08. The molecular weight excluding hydrogens is 200 g/mol. The molecular formula is C13H10N2O. The van der Waals surface area contributed by atoms with Gasteiger partial charge in [0.1, 0.15) is 5.76 Å². The fraction of sp³-hybridized carbons (Fsp3) is 0. The quantitative estimate of drug-likeness (QED) is 0.704. The number of aromatic amines is 1. The third-order valence-corrected chi connectivity index (χ3v) is 2.40. The number of nitrogens with one attached hydrogen (secondary N) is 1. The summed E-state index contributed by atoms with van der Waals surface area (Å²) in [6, 6.07) is 13.9. The highest BCUT2D eigenvalue weighted by Gasteiger charge is 2.07. The van der Waals surface area contributed by atoms with Crippen LogP contribution in [0.3, 0.4) is 0 Å². The molecule has 1 N–H and O–H groups in total. The molecule has 0 saturated heterocycles. The van der Waals surface area contributed by atoms with Crippen LogP contribution in [0.5, 0.6) is 0 Å². The molecule has 0 saturated carbocycles. The number of furan rings is 1. The van der Waals surface area contributed by atoms with Crippen molar-refractivity contribution in [1.29, 1.82) is 0 Å². The maximum absolute atomic E-state index is 5.72. The van der Waals surface area contributed by atoms with E-state index >= 15 is 0 Å². The SMILES string of the molecule is c1ccc(-c2ccc(-c3ncc[nH]3)o2)cc1. The van der Waals surface area contributed by atoms with Crippen LogP contribution in [0.15, 0.2) is 59.3 Å². The highest BCUT2D eigenvalue weighted by molar-refractivity contribution is 5.61. The summed E-state index contributed by atoms with van der Waals surface area (Å²) in [4.78, 5) is 7.16. The van der Waals surface area contributed by atoms with Gasteiger partial charge >= 0.3 is 0 Å². The van der Waals surface area contributed by atoms with Crippen molar-refractivity contribution in [2.45, 2.75) is 0 Å². The summed E-state index contributed by atoms with van der Waals surface area (Å²) in [5.41, 5.74) is 1.07. The summed E-state index contributed by atoms with van der Waals surface area (Å²) >= 11 is 0. The Labute approximate surface area is 92.8 Å². The minimum absolute atomic E-state index is 0.752. The molecule has 78 valence electrons. The molecule has 3 nitrogen and oxygen atoms in total. The van der Waals surface area contributed by atoms with Gasteiger partial charge in [-0.3, -0.25) is 0 Å². The molecule has 3 heteroatoms. The van der Waals surface area contributed by atoms with Crippen molar-refractivity contribution in [2.24, 2.45) is 0 Å². The van der Waals surface area contributed by atoms with E-state index in [0.717, 1.165) is 22.9 Å². The first-order valence-electron chi connectivity index (χ1n) is 5.08. The molecule has 0 aliphatic heterocycles. The van der Waals surface area contributed by atoms with Gasteiger partial charge in [-0.2, -0.15) is 0 Å². The second-order valence-corrected chi connectivity index (χ2v) is 3.47. The Bertz CT molecular complexity index is 567. The van der Waals surface area contributed by atoms with E-state index in [9.17, 15) is 0 Å². The van der Waals surface area contributed by atoms with Gasteiger partial charge in [0.2, 0.25) is 0 Å². The van der Waals surface area contributed by atoms with Gasteiger partial charge in [0, 0.05) is 18.0 Å². The van der Waals surface area contributed by atoms with Crippen molar-refractivity contribution in [2.75, 3.05) is 0 Å². The molecule has 16 heavy (non-hydrogen) atoms. The van der Waals surface area contributed by atoms with Gasteiger partial charge in [0.05, 0.1) is 0 Å². The highest BCUT2D eigenvalue weighted by Crippen LogP contribution is 2.26. The molecule has 1 aromatic carbocycles. The Morgan fingerprint density at radius 2 is 1.75 bits per heavy atom. The summed E-state index contributed by atoms with van der Waals surface area (Å²) in [5.74, 6) is 2.36. The van der Waals surface area contributed by atoms with Crippen molar-refractivity contribution in [3.8, 4) is 22.9 Å². The molecule has 0 amide bonds. The maximum Gasteiger partial charge on any atom is 0.173 e. The monoisotopic (exact) mass is 210 g/mol. The number of benzene rings is 1. The lowest BCUT2D eigenvalue weighted by atomic mass is 10.2. The average Bonchev–Trinajstić information content (AvgIpc) is 3.01. The topological polar surface area (TPSA) is 41.8 Å². The minimum atomic E-state index is 0.752. The number of imidazole rings is 1. The summed E-state index contributed by atoms with van der Waals surface area (Å²) in [6.07, 6.45) is 3.49. The van der Waals surface area contributed by atoms with E-state index in [1.807, 2.05) is 42.5 Å². The number of nitrogens with zero attached hydrogens (tertiary/aromatic N) is 1. The lowest BCUT2D eigenvalue weighted by Gasteiger charge is -1.95. The van der Waals surface area contributed by atoms with Crippen LogP contribution in [-0.2, 0) is 0 Å². The zero-order valence-electron chi connectivity index (χ0n) is 8.55. The Hall–Kier alpha value is -2.29. The van der Waals surface area contributed by atoms with E-state index in [2.05, 4.69) is 9.97 Å². The van der Waals surface area contributed by atoms with Gasteiger partial charge in [-0.05, 0) is 12.1 Å². The summed E-state index contributed by atoms with van der Waals surface area (Å²) < 4.78 is 5.72. The number of hydrogen-bond donors (Lipinski definition) is 1. The van der Waals surface area contributed by atoms with Crippen LogP contribution >= 0.6 is 0 Å². The van der Waals surface area contributed by atoms with E-state index in [0.29, 0.717) is 0 Å². The standard InChI is InChI=1S/C13H10N2O/c1-2-4-10(5-3-1)11-6-7-12(16-11)13-14-8-9-15-13/h1-9H,(H,14,15). The molecule has 0 atom stereocenters. The fourth-order valence-electron chi connectivity index (χ4n) is 1.62. The van der Waals surface area contributed by atoms with E-state index in [4.69, 9.17) is 4.42 Å². The summed E-state index contributed by atoms with van der Waals surface area (Å²) in [7, 11) is 0. The smallest absolute Gasteiger partial charge is 0.173 e. The van der Waals surface area contributed by atoms with E-state index in [1.54, 1.807) is 12.4 Å². The molecule has 0 unspecified atom stereocenters. The fourth-order valence-corrected chi connectivity index (χ4v) is 1.62. The molecule has 2 heterocycles. The third-order valence-electron chi connectivity index (χ3n) is 2.40. The molecule has 0 aliphatic carbocycles. The number of H-pyrrole nitrogens is 1. The Morgan fingerprint density at radius 3 is 2.50 bits per heavy atom. The average molecular weight is 210 g/mol. The zero-order valence-corrected chi connectivity index (χ0v) is 8.55. The molecule has 0 bridgehead atoms. The van der Waals surface area contributed by atoms with Crippen molar-refractivity contribution in [3.05, 3.63) is 54.9 Å². The number of aromatic nitrogens is 2. The molecule has 0 fully saturated rings. The first-order chi connectivity index (χ1) is 7.93. The van der Waals surface area contributed by atoms with Gasteiger partial charge in [0.15, 0.2) is 11.6 Å². The summed E-state index contributed by atoms with van der Waals surface area (Å²) in [6.45, 7) is 0. The van der Waals surface area contributed by atoms with Crippen LogP contribution in [0.25, 0.3) is 22.9 Å². The van der Waals surface area contributed by atoms with Gasteiger partial charge in [-0.25, -0.2) is 4.98 Å². The maximum atomic E-state index is 5.72. The van der Waals surface area contributed by atoms with E-state index in [1.165, 1.54) is 0 Å². The second-order valence-electron chi connectivity index (χ2n) is 3.47. The molecule has 3 aromatic rings. The van der Waals surface area contributed by atoms with Crippen LogP contribution in [0.4, 0.5) is 0 Å². The largest absolute Gasteiger partial charge is 0.453 e. The lowest BCUT2D eigenvalue weighted by molar-refractivity contribution is 0.593. The van der Waals surface area contributed by atoms with E-state index in [-0.39, 0.29) is 0 Å². The first kappa shape index (κ1) is 8.97. The van der Waals surface area contributed by atoms with E-state index < -0.39 is 0 Å². The van der Waals surface area contributed by atoms with Crippen LogP contribution in [0.1, 0.15) is 0 Å². The third kappa shape index (κ3) is 1.52. The lowest BCUT2D eigenvalue weighted by Crippen LogP contribution is -1.74. The van der Waals surface area contributed by atoms with Crippen molar-refractivity contribution >= 4 is 0 Å². The van der Waals surface area contributed by atoms with Crippen LogP contribution < -0.4 is 0 Å². The van der Waals surface area contributed by atoms with Gasteiger partial charge in [0.25, 0.3) is 0 Å². The number of hydrogen-bond acceptors (Lipinski definition) is 2. The molecule has 0 aliphatic rings. The predicted octanol–water partition coefficient (Wildman–Crippen LogP) is 3.34. The van der Waals surface area contributed by atoms with Gasteiger partial charge in [-0.15, -0.1) is 0 Å². The zero-order chi connectivity index (χ0) is 10.8. The molecule has 2 aromatic heterocycles. The minimum Gasteiger partial charge on any atom is -0.453 e. The van der Waals surface area contributed by atoms with Crippen molar-refractivity contribution in [1.82, 2.24) is 9.97 Å². The van der Waals surface area contributed by atoms with Gasteiger partial charge < -0.3 is 9.40 Å². The Balaban J connectivity index is 2.00. The second kappa shape index (κ2) is 3.70. The van der Waals surface area contributed by atoms with Crippen LogP contribution in [0, 0.1) is 0 Å². The summed E-state index contributed by atoms with van der Waals surface area (Å²) in [5, 5.41) is 0. The van der Waals surface area contributed by atoms with Crippen LogP contribution in [-0.4, -0.2) is 9.97 Å². The Kier molecular flexibility index (Phi) is 2.07. The molecule has 0 spiro atoms.